The van der Waals surface area contributed by atoms with E-state index in [1.54, 1.807) is 28.8 Å². The zero-order valence-corrected chi connectivity index (χ0v) is 18.4. The van der Waals surface area contributed by atoms with E-state index in [0.717, 1.165) is 25.7 Å². The minimum absolute atomic E-state index is 0.0213. The Morgan fingerprint density at radius 1 is 1.17 bits per heavy atom. The summed E-state index contributed by atoms with van der Waals surface area (Å²) in [6.07, 6.45) is 5.62. The van der Waals surface area contributed by atoms with Crippen LogP contribution >= 0.6 is 23.4 Å². The molecule has 4 rings (SSSR count). The van der Waals surface area contributed by atoms with Gasteiger partial charge < -0.3 is 5.32 Å². The lowest BCUT2D eigenvalue weighted by Gasteiger charge is -2.24. The monoisotopic (exact) mass is 441 g/mol. The maximum Gasteiger partial charge on any atom is 0.266 e. The van der Waals surface area contributed by atoms with Crippen LogP contribution in [0.15, 0.2) is 58.5 Å². The van der Waals surface area contributed by atoms with Gasteiger partial charge in [0.05, 0.1) is 21.8 Å². The van der Waals surface area contributed by atoms with Gasteiger partial charge in [-0.15, -0.1) is 0 Å². The third-order valence-corrected chi connectivity index (χ3v) is 6.70. The number of rotatable bonds is 5. The Kier molecular flexibility index (Phi) is 6.44. The molecular formula is C23H24ClN3O2S. The minimum atomic E-state index is -0.384. The second kappa shape index (κ2) is 9.23. The molecule has 1 atom stereocenters. The third kappa shape index (κ3) is 4.55. The highest BCUT2D eigenvalue weighted by Gasteiger charge is 2.23. The molecule has 5 nitrogen and oxygen atoms in total. The number of amides is 1. The number of fused-ring (bicyclic) bond motifs is 1. The fourth-order valence-corrected chi connectivity index (χ4v) is 4.93. The molecule has 0 spiro atoms. The van der Waals surface area contributed by atoms with Gasteiger partial charge in [0.1, 0.15) is 0 Å². The molecule has 1 N–H and O–H groups in total. The molecule has 30 heavy (non-hydrogen) atoms. The van der Waals surface area contributed by atoms with Crippen LogP contribution in [-0.2, 0) is 4.79 Å². The van der Waals surface area contributed by atoms with Crippen LogP contribution in [-0.4, -0.2) is 26.8 Å². The normalized spacial score (nSPS) is 15.8. The fraction of sp³-hybridized carbons (Fsp3) is 0.348. The first-order valence-electron chi connectivity index (χ1n) is 10.3. The van der Waals surface area contributed by atoms with Gasteiger partial charge >= 0.3 is 0 Å². The Bertz CT molecular complexity index is 1120. The number of hydrogen-bond acceptors (Lipinski definition) is 4. The van der Waals surface area contributed by atoms with Crippen molar-refractivity contribution in [3.63, 3.8) is 0 Å². The van der Waals surface area contributed by atoms with E-state index in [9.17, 15) is 9.59 Å². The van der Waals surface area contributed by atoms with Gasteiger partial charge in [-0.1, -0.05) is 60.8 Å². The van der Waals surface area contributed by atoms with Crippen molar-refractivity contribution in [2.24, 2.45) is 0 Å². The Labute approximate surface area is 184 Å². The van der Waals surface area contributed by atoms with Crippen molar-refractivity contribution in [2.75, 3.05) is 0 Å². The largest absolute Gasteiger partial charge is 0.352 e. The predicted octanol–water partition coefficient (Wildman–Crippen LogP) is 4.97. The molecule has 156 valence electrons. The average Bonchev–Trinajstić information content (AvgIpc) is 2.74. The zero-order valence-electron chi connectivity index (χ0n) is 16.8. The van der Waals surface area contributed by atoms with Crippen molar-refractivity contribution in [2.45, 2.75) is 55.5 Å². The van der Waals surface area contributed by atoms with E-state index in [-0.39, 0.29) is 22.8 Å². The van der Waals surface area contributed by atoms with E-state index >= 15 is 0 Å². The van der Waals surface area contributed by atoms with Crippen molar-refractivity contribution in [1.29, 1.82) is 0 Å². The smallest absolute Gasteiger partial charge is 0.266 e. The number of benzene rings is 2. The van der Waals surface area contributed by atoms with E-state index in [4.69, 9.17) is 16.6 Å². The van der Waals surface area contributed by atoms with Crippen LogP contribution in [0.5, 0.6) is 0 Å². The maximum absolute atomic E-state index is 13.3. The van der Waals surface area contributed by atoms with Crippen molar-refractivity contribution in [1.82, 2.24) is 14.9 Å². The summed E-state index contributed by atoms with van der Waals surface area (Å²) in [5, 5.41) is 4.32. The van der Waals surface area contributed by atoms with Crippen LogP contribution in [0.2, 0.25) is 5.02 Å². The van der Waals surface area contributed by atoms with E-state index < -0.39 is 0 Å². The van der Waals surface area contributed by atoms with Gasteiger partial charge in [0.15, 0.2) is 5.16 Å². The molecule has 1 aromatic heterocycles. The number of carbonyl (C=O) groups excluding carboxylic acids is 1. The van der Waals surface area contributed by atoms with Crippen LogP contribution in [0.3, 0.4) is 0 Å². The molecule has 0 unspecified atom stereocenters. The molecule has 0 saturated heterocycles. The highest BCUT2D eigenvalue weighted by molar-refractivity contribution is 8.00. The molecule has 0 radical (unpaired) electrons. The molecule has 7 heteroatoms. The summed E-state index contributed by atoms with van der Waals surface area (Å²) in [4.78, 5) is 30.8. The zero-order chi connectivity index (χ0) is 21.1. The van der Waals surface area contributed by atoms with E-state index in [0.29, 0.717) is 26.8 Å². The third-order valence-electron chi connectivity index (χ3n) is 5.41. The van der Waals surface area contributed by atoms with Crippen LogP contribution < -0.4 is 10.9 Å². The number of nitrogens with zero attached hydrogens (tertiary/aromatic N) is 2. The Morgan fingerprint density at radius 2 is 1.93 bits per heavy atom. The lowest BCUT2D eigenvalue weighted by Crippen LogP contribution is -2.40. The number of carbonyl (C=O) groups is 1. The first-order chi connectivity index (χ1) is 14.5. The molecule has 1 amide bonds. The number of hydrogen-bond donors (Lipinski definition) is 1. The lowest BCUT2D eigenvalue weighted by molar-refractivity contribution is -0.121. The van der Waals surface area contributed by atoms with Gasteiger partial charge in [0.2, 0.25) is 5.91 Å². The molecule has 0 bridgehead atoms. The van der Waals surface area contributed by atoms with Gasteiger partial charge in [0.25, 0.3) is 5.56 Å². The first-order valence-corrected chi connectivity index (χ1v) is 11.5. The van der Waals surface area contributed by atoms with Gasteiger partial charge in [0, 0.05) is 11.1 Å². The maximum atomic E-state index is 13.3. The number of aromatic nitrogens is 2. The SMILES string of the molecule is C[C@@H](Sc1nc2ccccc2c(=O)n1-c1cccc(Cl)c1)C(=O)NC1CCCCC1. The fourth-order valence-electron chi connectivity index (χ4n) is 3.81. The molecule has 1 fully saturated rings. The van der Waals surface area contributed by atoms with Crippen LogP contribution in [0.25, 0.3) is 16.6 Å². The molecule has 1 aliphatic carbocycles. The molecule has 1 aliphatic rings. The topological polar surface area (TPSA) is 64.0 Å². The average molecular weight is 442 g/mol. The highest BCUT2D eigenvalue weighted by atomic mass is 35.5. The number of halogens is 1. The van der Waals surface area contributed by atoms with Crippen LogP contribution in [0, 0.1) is 0 Å². The molecular weight excluding hydrogens is 418 g/mol. The second-order valence-electron chi connectivity index (χ2n) is 7.64. The first kappa shape index (κ1) is 20.9. The van der Waals surface area contributed by atoms with Crippen molar-refractivity contribution in [3.8, 4) is 5.69 Å². The highest BCUT2D eigenvalue weighted by Crippen LogP contribution is 2.27. The van der Waals surface area contributed by atoms with E-state index in [1.165, 1.54) is 18.2 Å². The second-order valence-corrected chi connectivity index (χ2v) is 9.38. The summed E-state index contributed by atoms with van der Waals surface area (Å²) < 4.78 is 1.54. The molecule has 2 aromatic carbocycles. The summed E-state index contributed by atoms with van der Waals surface area (Å²) >= 11 is 7.47. The van der Waals surface area contributed by atoms with Crippen molar-refractivity contribution in [3.05, 3.63) is 63.9 Å². The summed E-state index contributed by atoms with van der Waals surface area (Å²) in [5.74, 6) is -0.0213. The lowest BCUT2D eigenvalue weighted by atomic mass is 9.95. The van der Waals surface area contributed by atoms with Gasteiger partial charge in [-0.2, -0.15) is 0 Å². The Balaban J connectivity index is 1.69. The minimum Gasteiger partial charge on any atom is -0.352 e. The summed E-state index contributed by atoms with van der Waals surface area (Å²) in [6, 6.07) is 14.6. The standard InChI is InChI=1S/C23H24ClN3O2S/c1-15(21(28)25-17-9-3-2-4-10-17)30-23-26-20-13-6-5-12-19(20)22(29)27(23)18-11-7-8-16(24)14-18/h5-8,11-15,17H,2-4,9-10H2,1H3,(H,25,28)/t15-/m1/s1. The summed E-state index contributed by atoms with van der Waals surface area (Å²) in [7, 11) is 0. The van der Waals surface area contributed by atoms with Gasteiger partial charge in [-0.25, -0.2) is 4.98 Å². The molecule has 0 aliphatic heterocycles. The summed E-state index contributed by atoms with van der Waals surface area (Å²) in [5.41, 5.74) is 1.07. The number of thioether (sulfide) groups is 1. The number of para-hydroxylation sites is 1. The predicted molar refractivity (Wildman–Crippen MR) is 123 cm³/mol. The number of nitrogens with one attached hydrogen (secondary N) is 1. The molecule has 1 saturated carbocycles. The molecule has 1 heterocycles. The van der Waals surface area contributed by atoms with Crippen LogP contribution in [0.4, 0.5) is 0 Å². The summed E-state index contributed by atoms with van der Waals surface area (Å²) in [6.45, 7) is 1.85. The Hall–Kier alpha value is -2.31. The van der Waals surface area contributed by atoms with Gasteiger partial charge in [-0.05, 0) is 50.1 Å². The quantitative estimate of drug-likeness (QED) is 0.448. The van der Waals surface area contributed by atoms with Gasteiger partial charge in [-0.3, -0.25) is 14.2 Å². The van der Waals surface area contributed by atoms with Crippen molar-refractivity contribution >= 4 is 40.2 Å². The van der Waals surface area contributed by atoms with E-state index in [2.05, 4.69) is 5.32 Å². The Morgan fingerprint density at radius 3 is 2.70 bits per heavy atom. The van der Waals surface area contributed by atoms with Crippen LogP contribution in [0.1, 0.15) is 39.0 Å². The molecule has 3 aromatic rings. The van der Waals surface area contributed by atoms with Crippen molar-refractivity contribution < 1.29 is 4.79 Å². The van der Waals surface area contributed by atoms with E-state index in [1.807, 2.05) is 31.2 Å².